The fourth-order valence-corrected chi connectivity index (χ4v) is 3.77. The molecule has 1 aliphatic carbocycles. The van der Waals surface area contributed by atoms with Crippen molar-refractivity contribution in [3.8, 4) is 11.8 Å². The van der Waals surface area contributed by atoms with Gasteiger partial charge in [0.2, 0.25) is 5.54 Å². The molecule has 158 valence electrons. The second kappa shape index (κ2) is 7.06. The van der Waals surface area contributed by atoms with Gasteiger partial charge in [-0.2, -0.15) is 13.2 Å². The average molecular weight is 425 g/mol. The zero-order chi connectivity index (χ0) is 21.7. The van der Waals surface area contributed by atoms with Gasteiger partial charge in [0.05, 0.1) is 6.61 Å². The highest BCUT2D eigenvalue weighted by Crippen LogP contribution is 2.45. The SMILES string of the molecule is CC(C)(C)[Si](C)(C)OCc1ccc2c(c1)NC(=O)N[C@]2(C#CC1CC1)C(F)(F)F. The lowest BCUT2D eigenvalue weighted by Gasteiger charge is -2.38. The Balaban J connectivity index is 1.96. The highest BCUT2D eigenvalue weighted by Gasteiger charge is 2.59. The van der Waals surface area contributed by atoms with Crippen LogP contribution in [0.5, 0.6) is 0 Å². The normalized spacial score (nSPS) is 22.1. The molecule has 2 amide bonds. The third kappa shape index (κ3) is 4.31. The van der Waals surface area contributed by atoms with E-state index < -0.39 is 26.1 Å². The number of carbonyl (C=O) groups is 1. The first-order valence-electron chi connectivity index (χ1n) is 9.71. The fourth-order valence-electron chi connectivity index (χ4n) is 2.81. The van der Waals surface area contributed by atoms with E-state index in [1.807, 2.05) is 5.32 Å². The van der Waals surface area contributed by atoms with Crippen LogP contribution in [0.3, 0.4) is 0 Å². The third-order valence-electron chi connectivity index (χ3n) is 5.91. The van der Waals surface area contributed by atoms with Gasteiger partial charge in [-0.3, -0.25) is 0 Å². The third-order valence-corrected chi connectivity index (χ3v) is 10.4. The summed E-state index contributed by atoms with van der Waals surface area (Å²) >= 11 is 0. The van der Waals surface area contributed by atoms with E-state index in [2.05, 4.69) is 51.0 Å². The van der Waals surface area contributed by atoms with E-state index in [4.69, 9.17) is 4.43 Å². The Morgan fingerprint density at radius 2 is 1.90 bits per heavy atom. The van der Waals surface area contributed by atoms with Crippen LogP contribution in [0.25, 0.3) is 0 Å². The number of halogens is 3. The Kier molecular flexibility index (Phi) is 5.29. The highest BCUT2D eigenvalue weighted by atomic mass is 28.4. The second-order valence-electron chi connectivity index (χ2n) is 9.30. The maximum absolute atomic E-state index is 14.1. The van der Waals surface area contributed by atoms with E-state index in [0.717, 1.165) is 12.8 Å². The Hall–Kier alpha value is -1.98. The van der Waals surface area contributed by atoms with Crippen molar-refractivity contribution in [3.63, 3.8) is 0 Å². The molecule has 0 radical (unpaired) electrons. The molecule has 1 saturated carbocycles. The van der Waals surface area contributed by atoms with E-state index in [1.54, 1.807) is 12.1 Å². The summed E-state index contributed by atoms with van der Waals surface area (Å²) in [7, 11) is -2.02. The number of alkyl halides is 3. The second-order valence-corrected chi connectivity index (χ2v) is 14.1. The van der Waals surface area contributed by atoms with Crippen molar-refractivity contribution in [1.29, 1.82) is 0 Å². The lowest BCUT2D eigenvalue weighted by atomic mass is 9.85. The minimum Gasteiger partial charge on any atom is -0.413 e. The fraction of sp³-hybridized carbons (Fsp3) is 0.571. The minimum absolute atomic E-state index is 0.0170. The molecular weight excluding hydrogens is 397 g/mol. The van der Waals surface area contributed by atoms with E-state index in [1.165, 1.54) is 6.07 Å². The number of fused-ring (bicyclic) bond motifs is 1. The summed E-state index contributed by atoms with van der Waals surface area (Å²) < 4.78 is 48.4. The Bertz CT molecular complexity index is 877. The van der Waals surface area contributed by atoms with Crippen LogP contribution in [0.1, 0.15) is 44.7 Å². The summed E-state index contributed by atoms with van der Waals surface area (Å²) in [5.41, 5.74) is -1.96. The maximum atomic E-state index is 14.1. The van der Waals surface area contributed by atoms with Crippen LogP contribution in [0, 0.1) is 17.8 Å². The number of anilines is 1. The van der Waals surface area contributed by atoms with Gasteiger partial charge < -0.3 is 15.1 Å². The molecule has 1 atom stereocenters. The summed E-state index contributed by atoms with van der Waals surface area (Å²) in [6.07, 6.45) is -3.16. The molecule has 1 fully saturated rings. The van der Waals surface area contributed by atoms with Gasteiger partial charge in [-0.15, -0.1) is 0 Å². The minimum atomic E-state index is -4.75. The number of amides is 2. The van der Waals surface area contributed by atoms with Crippen LogP contribution in [0.4, 0.5) is 23.7 Å². The first-order chi connectivity index (χ1) is 13.3. The molecule has 8 heteroatoms. The zero-order valence-corrected chi connectivity index (χ0v) is 18.4. The molecule has 0 bridgehead atoms. The van der Waals surface area contributed by atoms with Crippen LogP contribution in [-0.2, 0) is 16.6 Å². The number of rotatable bonds is 3. The van der Waals surface area contributed by atoms with Gasteiger partial charge in [0.15, 0.2) is 8.32 Å². The maximum Gasteiger partial charge on any atom is 0.427 e. The molecule has 0 unspecified atom stereocenters. The topological polar surface area (TPSA) is 50.4 Å². The number of nitrogens with one attached hydrogen (secondary N) is 2. The molecule has 3 rings (SSSR count). The van der Waals surface area contributed by atoms with Crippen LogP contribution in [0.15, 0.2) is 18.2 Å². The van der Waals surface area contributed by atoms with Crippen molar-refractivity contribution < 1.29 is 22.4 Å². The monoisotopic (exact) mass is 424 g/mol. The molecule has 4 nitrogen and oxygen atoms in total. The molecule has 2 aliphatic rings. The molecule has 1 heterocycles. The van der Waals surface area contributed by atoms with Crippen molar-refractivity contribution in [2.24, 2.45) is 5.92 Å². The standard InChI is InChI=1S/C21H27F3N2O2Si/c1-19(2,3)29(4,5)28-13-15-8-9-16-17(12-15)25-18(27)26-20(16,21(22,23)24)11-10-14-6-7-14/h8-9,12,14H,6-7,13H2,1-5H3,(H2,25,26,27)/t20-/m0/s1. The summed E-state index contributed by atoms with van der Waals surface area (Å²) in [6, 6.07) is 3.65. The van der Waals surface area contributed by atoms with Gasteiger partial charge in [0.25, 0.3) is 0 Å². The predicted molar refractivity (Wildman–Crippen MR) is 109 cm³/mol. The zero-order valence-electron chi connectivity index (χ0n) is 17.4. The van der Waals surface area contributed by atoms with Crippen molar-refractivity contribution >= 4 is 20.0 Å². The first kappa shape index (κ1) is 21.7. The van der Waals surface area contributed by atoms with E-state index in [9.17, 15) is 18.0 Å². The molecule has 1 aromatic rings. The van der Waals surface area contributed by atoms with Crippen molar-refractivity contribution in [2.75, 3.05) is 5.32 Å². The van der Waals surface area contributed by atoms with Gasteiger partial charge >= 0.3 is 12.2 Å². The van der Waals surface area contributed by atoms with Crippen LogP contribution in [-0.4, -0.2) is 20.5 Å². The van der Waals surface area contributed by atoms with Crippen molar-refractivity contribution in [1.82, 2.24) is 5.32 Å². The van der Waals surface area contributed by atoms with Gasteiger partial charge in [-0.05, 0) is 42.6 Å². The Morgan fingerprint density at radius 1 is 1.24 bits per heavy atom. The lowest BCUT2D eigenvalue weighted by molar-refractivity contribution is -0.178. The number of hydrogen-bond donors (Lipinski definition) is 2. The molecule has 1 aromatic carbocycles. The Labute approximate surface area is 170 Å². The number of urea groups is 1. The molecule has 1 aliphatic heterocycles. The number of benzene rings is 1. The van der Waals surface area contributed by atoms with Crippen molar-refractivity contribution in [2.45, 2.75) is 70.1 Å². The van der Waals surface area contributed by atoms with Gasteiger partial charge in [-0.25, -0.2) is 4.79 Å². The Morgan fingerprint density at radius 3 is 2.45 bits per heavy atom. The quantitative estimate of drug-likeness (QED) is 0.496. The molecular formula is C21H27F3N2O2Si. The largest absolute Gasteiger partial charge is 0.427 e. The smallest absolute Gasteiger partial charge is 0.413 e. The summed E-state index contributed by atoms with van der Waals surface area (Å²) in [5, 5.41) is 4.54. The van der Waals surface area contributed by atoms with Crippen LogP contribution < -0.4 is 10.6 Å². The predicted octanol–water partition coefficient (Wildman–Crippen LogP) is 5.51. The summed E-state index contributed by atoms with van der Waals surface area (Å²) in [6.45, 7) is 10.9. The van der Waals surface area contributed by atoms with Gasteiger partial charge in [0, 0.05) is 17.2 Å². The van der Waals surface area contributed by atoms with E-state index in [0.29, 0.717) is 5.56 Å². The molecule has 2 N–H and O–H groups in total. The number of hydrogen-bond acceptors (Lipinski definition) is 2. The molecule has 0 spiro atoms. The van der Waals surface area contributed by atoms with Crippen molar-refractivity contribution in [3.05, 3.63) is 29.3 Å². The number of carbonyl (C=O) groups excluding carboxylic acids is 1. The van der Waals surface area contributed by atoms with Crippen LogP contribution >= 0.6 is 0 Å². The molecule has 0 aromatic heterocycles. The molecule has 29 heavy (non-hydrogen) atoms. The van der Waals surface area contributed by atoms with Crippen LogP contribution in [0.2, 0.25) is 18.1 Å². The van der Waals surface area contributed by atoms with Gasteiger partial charge in [0.1, 0.15) is 0 Å². The van der Waals surface area contributed by atoms with E-state index in [-0.39, 0.29) is 28.8 Å². The summed E-state index contributed by atoms with van der Waals surface area (Å²) in [4.78, 5) is 12.1. The first-order valence-corrected chi connectivity index (χ1v) is 12.6. The lowest BCUT2D eigenvalue weighted by Crippen LogP contribution is -2.59. The molecule has 0 saturated heterocycles. The van der Waals surface area contributed by atoms with Gasteiger partial charge in [-0.1, -0.05) is 44.7 Å². The average Bonchev–Trinajstić information content (AvgIpc) is 3.39. The summed E-state index contributed by atoms with van der Waals surface area (Å²) in [5.74, 6) is 5.00. The van der Waals surface area contributed by atoms with E-state index >= 15 is 0 Å². The highest BCUT2D eigenvalue weighted by molar-refractivity contribution is 6.74.